The van der Waals surface area contributed by atoms with E-state index < -0.39 is 0 Å². The molecular formula is C10H20O3. The van der Waals surface area contributed by atoms with Gasteiger partial charge < -0.3 is 9.84 Å². The predicted molar refractivity (Wildman–Crippen MR) is 51.4 cm³/mol. The van der Waals surface area contributed by atoms with Gasteiger partial charge in [-0.3, -0.25) is 4.79 Å². The highest BCUT2D eigenvalue weighted by atomic mass is 16.5. The van der Waals surface area contributed by atoms with Crippen molar-refractivity contribution in [3.8, 4) is 0 Å². The fraction of sp³-hybridized carbons (Fsp3) is 0.900. The van der Waals surface area contributed by atoms with Gasteiger partial charge in [-0.2, -0.15) is 0 Å². The van der Waals surface area contributed by atoms with Crippen molar-refractivity contribution in [3.05, 3.63) is 0 Å². The molecule has 0 unspecified atom stereocenters. The van der Waals surface area contributed by atoms with Gasteiger partial charge in [0.25, 0.3) is 0 Å². The summed E-state index contributed by atoms with van der Waals surface area (Å²) in [5.74, 6) is -0.186. The molecule has 0 aliphatic carbocycles. The normalized spacial score (nSPS) is 12.5. The van der Waals surface area contributed by atoms with Gasteiger partial charge in [0, 0.05) is 13.0 Å². The van der Waals surface area contributed by atoms with Gasteiger partial charge >= 0.3 is 5.97 Å². The zero-order chi connectivity index (χ0) is 10.1. The summed E-state index contributed by atoms with van der Waals surface area (Å²) in [6.45, 7) is 4.14. The van der Waals surface area contributed by atoms with E-state index in [2.05, 4.69) is 6.92 Å². The van der Waals surface area contributed by atoms with Crippen LogP contribution in [0.15, 0.2) is 0 Å². The molecule has 3 nitrogen and oxygen atoms in total. The smallest absolute Gasteiger partial charge is 0.306 e. The minimum Gasteiger partial charge on any atom is -0.462 e. The Balaban J connectivity index is 3.60. The lowest BCUT2D eigenvalue weighted by molar-refractivity contribution is -0.149. The Bertz CT molecular complexity index is 134. The molecule has 13 heavy (non-hydrogen) atoms. The topological polar surface area (TPSA) is 46.5 Å². The Kier molecular flexibility index (Phi) is 7.69. The molecule has 0 aliphatic heterocycles. The van der Waals surface area contributed by atoms with Crippen LogP contribution in [-0.2, 0) is 9.53 Å². The van der Waals surface area contributed by atoms with Gasteiger partial charge in [0.15, 0.2) is 0 Å². The van der Waals surface area contributed by atoms with E-state index in [1.807, 2.05) is 6.92 Å². The van der Waals surface area contributed by atoms with Crippen LogP contribution in [-0.4, -0.2) is 23.8 Å². The first-order valence-electron chi connectivity index (χ1n) is 5.04. The van der Waals surface area contributed by atoms with E-state index in [0.717, 1.165) is 19.3 Å². The molecule has 0 aromatic heterocycles. The first kappa shape index (κ1) is 12.4. The van der Waals surface area contributed by atoms with E-state index >= 15 is 0 Å². The van der Waals surface area contributed by atoms with E-state index in [1.165, 1.54) is 0 Å². The second-order valence-electron chi connectivity index (χ2n) is 3.14. The van der Waals surface area contributed by atoms with Gasteiger partial charge in [-0.1, -0.05) is 20.3 Å². The Labute approximate surface area is 80.1 Å². The van der Waals surface area contributed by atoms with Crippen LogP contribution in [0.1, 0.15) is 46.0 Å². The van der Waals surface area contributed by atoms with Crippen molar-refractivity contribution in [1.82, 2.24) is 0 Å². The van der Waals surface area contributed by atoms with E-state index in [9.17, 15) is 4.79 Å². The maximum Gasteiger partial charge on any atom is 0.306 e. The minimum absolute atomic E-state index is 0.0552. The van der Waals surface area contributed by atoms with Crippen LogP contribution in [0.4, 0.5) is 0 Å². The van der Waals surface area contributed by atoms with Crippen LogP contribution < -0.4 is 0 Å². The van der Waals surface area contributed by atoms with Gasteiger partial charge in [0.05, 0.1) is 0 Å². The average Bonchev–Trinajstić information content (AvgIpc) is 2.14. The third-order valence-corrected chi connectivity index (χ3v) is 1.90. The van der Waals surface area contributed by atoms with Gasteiger partial charge in [0.2, 0.25) is 0 Å². The summed E-state index contributed by atoms with van der Waals surface area (Å²) in [6.07, 6.45) is 3.74. The minimum atomic E-state index is -0.186. The number of rotatable bonds is 7. The van der Waals surface area contributed by atoms with Gasteiger partial charge in [-0.15, -0.1) is 0 Å². The van der Waals surface area contributed by atoms with Crippen molar-refractivity contribution in [2.75, 3.05) is 6.61 Å². The highest BCUT2D eigenvalue weighted by Crippen LogP contribution is 2.07. The van der Waals surface area contributed by atoms with Crippen molar-refractivity contribution in [1.29, 1.82) is 0 Å². The SMILES string of the molecule is CCC[C@@H](CC)OC(=O)CCCO. The summed E-state index contributed by atoms with van der Waals surface area (Å²) >= 11 is 0. The molecule has 0 spiro atoms. The summed E-state index contributed by atoms with van der Waals surface area (Å²) in [6, 6.07) is 0. The second kappa shape index (κ2) is 8.05. The Morgan fingerprint density at radius 2 is 2.15 bits per heavy atom. The molecule has 0 aromatic rings. The zero-order valence-corrected chi connectivity index (χ0v) is 8.58. The summed E-state index contributed by atoms with van der Waals surface area (Å²) in [4.78, 5) is 11.1. The van der Waals surface area contributed by atoms with Gasteiger partial charge in [0.1, 0.15) is 6.10 Å². The molecule has 0 bridgehead atoms. The largest absolute Gasteiger partial charge is 0.462 e. The van der Waals surface area contributed by atoms with E-state index in [1.54, 1.807) is 0 Å². The van der Waals surface area contributed by atoms with Crippen molar-refractivity contribution >= 4 is 5.97 Å². The summed E-state index contributed by atoms with van der Waals surface area (Å²) in [5, 5.41) is 8.50. The first-order valence-corrected chi connectivity index (χ1v) is 5.04. The van der Waals surface area contributed by atoms with Crippen LogP contribution in [0, 0.1) is 0 Å². The molecule has 1 N–H and O–H groups in total. The van der Waals surface area contributed by atoms with Crippen molar-refractivity contribution < 1.29 is 14.6 Å². The first-order chi connectivity index (χ1) is 6.24. The maximum absolute atomic E-state index is 11.1. The van der Waals surface area contributed by atoms with E-state index in [-0.39, 0.29) is 18.7 Å². The van der Waals surface area contributed by atoms with Crippen molar-refractivity contribution in [2.45, 2.75) is 52.1 Å². The number of aliphatic hydroxyl groups is 1. The highest BCUT2D eigenvalue weighted by molar-refractivity contribution is 5.69. The summed E-state index contributed by atoms with van der Waals surface area (Å²) < 4.78 is 5.19. The fourth-order valence-corrected chi connectivity index (χ4v) is 1.14. The number of aliphatic hydroxyl groups excluding tert-OH is 1. The molecular weight excluding hydrogens is 168 g/mol. The molecule has 0 amide bonds. The van der Waals surface area contributed by atoms with E-state index in [4.69, 9.17) is 9.84 Å². The van der Waals surface area contributed by atoms with Crippen LogP contribution in [0.5, 0.6) is 0 Å². The molecule has 0 fully saturated rings. The number of hydrogen-bond acceptors (Lipinski definition) is 3. The molecule has 0 aliphatic rings. The third kappa shape index (κ3) is 6.58. The zero-order valence-electron chi connectivity index (χ0n) is 8.58. The lowest BCUT2D eigenvalue weighted by Gasteiger charge is -2.14. The molecule has 0 saturated heterocycles. The summed E-state index contributed by atoms with van der Waals surface area (Å²) in [5.41, 5.74) is 0. The van der Waals surface area contributed by atoms with Crippen LogP contribution in [0.2, 0.25) is 0 Å². The predicted octanol–water partition coefficient (Wildman–Crippen LogP) is 1.88. The van der Waals surface area contributed by atoms with Crippen molar-refractivity contribution in [3.63, 3.8) is 0 Å². The highest BCUT2D eigenvalue weighted by Gasteiger charge is 2.10. The fourth-order valence-electron chi connectivity index (χ4n) is 1.14. The van der Waals surface area contributed by atoms with Crippen LogP contribution >= 0.6 is 0 Å². The Morgan fingerprint density at radius 3 is 2.62 bits per heavy atom. The molecule has 0 radical (unpaired) electrons. The average molecular weight is 188 g/mol. The number of ether oxygens (including phenoxy) is 1. The molecule has 78 valence electrons. The lowest BCUT2D eigenvalue weighted by Crippen LogP contribution is -2.17. The van der Waals surface area contributed by atoms with Gasteiger partial charge in [-0.05, 0) is 19.3 Å². The standard InChI is InChI=1S/C10H20O3/c1-3-6-9(4-2)13-10(12)7-5-8-11/h9,11H,3-8H2,1-2H3/t9-/m1/s1. The van der Waals surface area contributed by atoms with E-state index in [0.29, 0.717) is 12.8 Å². The monoisotopic (exact) mass is 188 g/mol. The molecule has 0 saturated carbocycles. The summed E-state index contributed by atoms with van der Waals surface area (Å²) in [7, 11) is 0. The molecule has 0 rings (SSSR count). The molecule has 3 heteroatoms. The quantitative estimate of drug-likeness (QED) is 0.620. The maximum atomic E-state index is 11.1. The third-order valence-electron chi connectivity index (χ3n) is 1.90. The second-order valence-corrected chi connectivity index (χ2v) is 3.14. The van der Waals surface area contributed by atoms with Crippen LogP contribution in [0.3, 0.4) is 0 Å². The van der Waals surface area contributed by atoms with Crippen molar-refractivity contribution in [2.24, 2.45) is 0 Å². The van der Waals surface area contributed by atoms with Gasteiger partial charge in [-0.25, -0.2) is 0 Å². The number of carbonyl (C=O) groups excluding carboxylic acids is 1. The number of hydrogen-bond donors (Lipinski definition) is 1. The lowest BCUT2D eigenvalue weighted by atomic mass is 10.1. The molecule has 0 heterocycles. The molecule has 0 aromatic carbocycles. The Morgan fingerprint density at radius 1 is 1.46 bits per heavy atom. The Hall–Kier alpha value is -0.570. The van der Waals surface area contributed by atoms with Crippen LogP contribution in [0.25, 0.3) is 0 Å². The number of esters is 1. The number of carbonyl (C=O) groups is 1. The molecule has 1 atom stereocenters.